The van der Waals surface area contributed by atoms with E-state index < -0.39 is 17.8 Å². The number of carbonyl (C=O) groups excluding carboxylic acids is 2. The molecular weight excluding hydrogens is 521 g/mol. The molecule has 7 nitrogen and oxygen atoms in total. The van der Waals surface area contributed by atoms with Crippen LogP contribution < -0.4 is 19.9 Å². The minimum absolute atomic E-state index is 0.355. The molecular formula is C33H21FN3O4. The molecule has 0 amide bonds. The van der Waals surface area contributed by atoms with E-state index in [2.05, 4.69) is 10.4 Å². The predicted octanol–water partition coefficient (Wildman–Crippen LogP) is 7.01. The average Bonchev–Trinajstić information content (AvgIpc) is 3.02. The van der Waals surface area contributed by atoms with Crippen molar-refractivity contribution in [3.63, 3.8) is 0 Å². The molecule has 0 aromatic heterocycles. The van der Waals surface area contributed by atoms with Crippen molar-refractivity contribution in [1.29, 1.82) is 0 Å². The van der Waals surface area contributed by atoms with E-state index in [0.717, 1.165) is 0 Å². The maximum atomic E-state index is 14.2. The number of anilines is 2. The van der Waals surface area contributed by atoms with Gasteiger partial charge in [0.05, 0.1) is 28.2 Å². The van der Waals surface area contributed by atoms with Crippen LogP contribution in [0.25, 0.3) is 0 Å². The summed E-state index contributed by atoms with van der Waals surface area (Å²) in [6, 6.07) is 35.2. The number of amidine groups is 1. The van der Waals surface area contributed by atoms with E-state index in [1.165, 1.54) is 12.1 Å². The summed E-state index contributed by atoms with van der Waals surface area (Å²) in [4.78, 5) is 29.4. The smallest absolute Gasteiger partial charge is 0.343 e. The number of rotatable bonds is 6. The number of aliphatic imine (C=N–C) groups is 1. The normalized spacial score (nSPS) is 12.0. The number of hydrogen-bond acceptors (Lipinski definition) is 6. The van der Waals surface area contributed by atoms with Crippen molar-refractivity contribution < 1.29 is 23.5 Å². The van der Waals surface area contributed by atoms with Gasteiger partial charge in [0, 0.05) is 11.6 Å². The third-order valence-corrected chi connectivity index (χ3v) is 6.22. The van der Waals surface area contributed by atoms with Crippen LogP contribution in [0.15, 0.2) is 132 Å². The van der Waals surface area contributed by atoms with E-state index in [1.54, 1.807) is 108 Å². The zero-order chi connectivity index (χ0) is 28.2. The molecule has 1 aliphatic rings. The fourth-order valence-corrected chi connectivity index (χ4v) is 4.17. The van der Waals surface area contributed by atoms with E-state index in [0.29, 0.717) is 51.1 Å². The molecule has 5 aromatic rings. The Morgan fingerprint density at radius 3 is 1.73 bits per heavy atom. The molecule has 41 heavy (non-hydrogen) atoms. The van der Waals surface area contributed by atoms with Crippen LogP contribution in [0.2, 0.25) is 0 Å². The van der Waals surface area contributed by atoms with Gasteiger partial charge in [-0.1, -0.05) is 36.4 Å². The van der Waals surface area contributed by atoms with Crippen molar-refractivity contribution in [1.82, 2.24) is 5.43 Å². The maximum Gasteiger partial charge on any atom is 0.343 e. The first-order valence-electron chi connectivity index (χ1n) is 12.7. The summed E-state index contributed by atoms with van der Waals surface area (Å²) in [6.07, 6.45) is 0. The lowest BCUT2D eigenvalue weighted by molar-refractivity contribution is 0.0725. The molecule has 199 valence electrons. The topological polar surface area (TPSA) is 82.3 Å². The molecule has 5 aromatic carbocycles. The Balaban J connectivity index is 1.23. The van der Waals surface area contributed by atoms with Gasteiger partial charge in [-0.3, -0.25) is 0 Å². The molecule has 1 heterocycles. The highest BCUT2D eigenvalue weighted by atomic mass is 19.1. The number of esters is 2. The number of carbonyl (C=O) groups is 2. The summed E-state index contributed by atoms with van der Waals surface area (Å²) >= 11 is 0. The Labute approximate surface area is 235 Å². The van der Waals surface area contributed by atoms with Crippen molar-refractivity contribution in [2.45, 2.75) is 0 Å². The van der Waals surface area contributed by atoms with Gasteiger partial charge in [-0.15, -0.1) is 5.43 Å². The van der Waals surface area contributed by atoms with Crippen molar-refractivity contribution in [3.8, 4) is 11.5 Å². The first kappa shape index (κ1) is 25.5. The maximum absolute atomic E-state index is 14.2. The van der Waals surface area contributed by atoms with Crippen molar-refractivity contribution >= 4 is 34.8 Å². The highest BCUT2D eigenvalue weighted by Gasteiger charge is 2.24. The quantitative estimate of drug-likeness (QED) is 0.170. The van der Waals surface area contributed by atoms with Gasteiger partial charge in [-0.25, -0.2) is 24.0 Å². The molecule has 0 spiro atoms. The summed E-state index contributed by atoms with van der Waals surface area (Å²) in [5.74, 6) is -0.253. The monoisotopic (exact) mass is 542 g/mol. The summed E-state index contributed by atoms with van der Waals surface area (Å²) in [7, 11) is 0. The van der Waals surface area contributed by atoms with Crippen molar-refractivity contribution in [2.24, 2.45) is 4.99 Å². The second kappa shape index (κ2) is 11.2. The number of nitrogens with zero attached hydrogens (tertiary/aromatic N) is 3. The minimum Gasteiger partial charge on any atom is -0.423 e. The van der Waals surface area contributed by atoms with Crippen LogP contribution in [0.5, 0.6) is 11.5 Å². The predicted molar refractivity (Wildman–Crippen MR) is 153 cm³/mol. The van der Waals surface area contributed by atoms with Gasteiger partial charge in [0.1, 0.15) is 17.3 Å². The number of halogens is 1. The third-order valence-electron chi connectivity index (χ3n) is 6.22. The third kappa shape index (κ3) is 5.67. The molecule has 1 radical (unpaired) electrons. The summed E-state index contributed by atoms with van der Waals surface area (Å²) in [6.45, 7) is 0. The van der Waals surface area contributed by atoms with E-state index in [-0.39, 0.29) is 0 Å². The number of fused-ring (bicyclic) bond motifs is 1. The zero-order valence-electron chi connectivity index (χ0n) is 21.5. The zero-order valence-corrected chi connectivity index (χ0v) is 21.5. The Morgan fingerprint density at radius 2 is 1.17 bits per heavy atom. The Morgan fingerprint density at radius 1 is 0.634 bits per heavy atom. The van der Waals surface area contributed by atoms with E-state index in [9.17, 15) is 14.0 Å². The second-order valence-corrected chi connectivity index (χ2v) is 9.01. The first-order valence-corrected chi connectivity index (χ1v) is 12.7. The van der Waals surface area contributed by atoms with Crippen LogP contribution in [0.1, 0.15) is 26.3 Å². The van der Waals surface area contributed by atoms with Gasteiger partial charge in [0.15, 0.2) is 5.84 Å². The van der Waals surface area contributed by atoms with Crippen LogP contribution in [0, 0.1) is 5.82 Å². The van der Waals surface area contributed by atoms with Gasteiger partial charge in [0.25, 0.3) is 0 Å². The number of benzene rings is 5. The van der Waals surface area contributed by atoms with Gasteiger partial charge in [0.2, 0.25) is 0 Å². The summed E-state index contributed by atoms with van der Waals surface area (Å²) < 4.78 is 25.2. The van der Waals surface area contributed by atoms with Crippen LogP contribution >= 0.6 is 0 Å². The standard InChI is InChI=1S/C33H21FN3O4/c34-25-13-20-29-30(21-25)37(26-14-18-28(19-15-26)41-33(39)24-9-5-2-6-10-24)36-31(35-29)22-11-16-27(17-12-22)40-32(38)23-7-3-1-4-8-23/h1-21H. The van der Waals surface area contributed by atoms with E-state index in [4.69, 9.17) is 9.47 Å². The summed E-state index contributed by atoms with van der Waals surface area (Å²) in [5, 5.41) is 1.58. The van der Waals surface area contributed by atoms with Crippen LogP contribution in [-0.2, 0) is 0 Å². The van der Waals surface area contributed by atoms with Gasteiger partial charge in [-0.2, -0.15) is 0 Å². The second-order valence-electron chi connectivity index (χ2n) is 9.01. The molecule has 8 heteroatoms. The molecule has 0 saturated heterocycles. The average molecular weight is 543 g/mol. The molecule has 1 aliphatic heterocycles. The highest BCUT2D eigenvalue weighted by Crippen LogP contribution is 2.38. The van der Waals surface area contributed by atoms with Crippen LogP contribution in [0.4, 0.5) is 21.5 Å². The lowest BCUT2D eigenvalue weighted by Crippen LogP contribution is -2.35. The first-order chi connectivity index (χ1) is 20.0. The molecule has 0 atom stereocenters. The van der Waals surface area contributed by atoms with Gasteiger partial charge < -0.3 is 9.47 Å². The molecule has 0 saturated carbocycles. The number of hydrogen-bond donors (Lipinski definition) is 0. The molecule has 0 unspecified atom stereocenters. The Hall–Kier alpha value is -5.76. The van der Waals surface area contributed by atoms with Crippen LogP contribution in [0.3, 0.4) is 0 Å². The number of ether oxygens (including phenoxy) is 2. The molecule has 0 aliphatic carbocycles. The van der Waals surface area contributed by atoms with Crippen molar-refractivity contribution in [3.05, 3.63) is 150 Å². The van der Waals surface area contributed by atoms with E-state index >= 15 is 0 Å². The fourth-order valence-electron chi connectivity index (χ4n) is 4.17. The lowest BCUT2D eigenvalue weighted by atomic mass is 10.1. The fraction of sp³-hybridized carbons (Fsp3) is 0. The SMILES string of the molecule is O=C(Oc1ccc(C2=Nc3ccc(F)cc3N(c3ccc(OC(=O)c4ccccc4)cc3)[N]2)cc1)c1ccccc1. The van der Waals surface area contributed by atoms with E-state index in [1.807, 2.05) is 12.1 Å². The minimum atomic E-state index is -0.472. The molecule has 0 N–H and O–H groups in total. The largest absolute Gasteiger partial charge is 0.423 e. The Bertz CT molecular complexity index is 1740. The molecule has 0 bridgehead atoms. The van der Waals surface area contributed by atoms with Gasteiger partial charge >= 0.3 is 11.9 Å². The van der Waals surface area contributed by atoms with Crippen molar-refractivity contribution in [2.75, 3.05) is 5.01 Å². The Kier molecular flexibility index (Phi) is 6.94. The van der Waals surface area contributed by atoms with Gasteiger partial charge in [-0.05, 0) is 84.9 Å². The van der Waals surface area contributed by atoms with Crippen LogP contribution in [-0.4, -0.2) is 17.8 Å². The summed E-state index contributed by atoms with van der Waals surface area (Å²) in [5.41, 5.74) is 7.82. The highest BCUT2D eigenvalue weighted by molar-refractivity contribution is 6.05. The lowest BCUT2D eigenvalue weighted by Gasteiger charge is -2.29. The molecule has 6 rings (SSSR count). The molecule has 0 fully saturated rings.